The fourth-order valence-corrected chi connectivity index (χ4v) is 3.87. The molecule has 30 heavy (non-hydrogen) atoms. The van der Waals surface area contributed by atoms with Gasteiger partial charge in [-0.25, -0.2) is 9.50 Å². The van der Waals surface area contributed by atoms with E-state index in [1.165, 1.54) is 11.8 Å². The highest BCUT2D eigenvalue weighted by Crippen LogP contribution is 2.26. The first kappa shape index (κ1) is 20.3. The van der Waals surface area contributed by atoms with Crippen molar-refractivity contribution in [1.29, 1.82) is 0 Å². The predicted molar refractivity (Wildman–Crippen MR) is 119 cm³/mol. The molecule has 2 aromatic heterocycles. The molecule has 0 fully saturated rings. The summed E-state index contributed by atoms with van der Waals surface area (Å²) in [5.41, 5.74) is 3.63. The summed E-state index contributed by atoms with van der Waals surface area (Å²) in [5.74, 6) is 0.964. The van der Waals surface area contributed by atoms with Gasteiger partial charge in [0.1, 0.15) is 10.8 Å². The Bertz CT molecular complexity index is 1180. The van der Waals surface area contributed by atoms with Crippen LogP contribution in [0.15, 0.2) is 72.0 Å². The quantitative estimate of drug-likeness (QED) is 0.431. The van der Waals surface area contributed by atoms with Crippen molar-refractivity contribution in [2.75, 3.05) is 12.9 Å². The topological polar surface area (TPSA) is 68.5 Å². The molecule has 1 N–H and O–H groups in total. The molecule has 4 rings (SSSR count). The molecule has 0 saturated heterocycles. The van der Waals surface area contributed by atoms with Gasteiger partial charge in [-0.15, -0.1) is 0 Å². The first-order chi connectivity index (χ1) is 14.6. The van der Waals surface area contributed by atoms with E-state index in [-0.39, 0.29) is 11.7 Å². The molecule has 0 aliphatic heterocycles. The van der Waals surface area contributed by atoms with Gasteiger partial charge in [0.2, 0.25) is 5.91 Å². The van der Waals surface area contributed by atoms with E-state index in [9.17, 15) is 4.79 Å². The maximum atomic E-state index is 12.3. The van der Waals surface area contributed by atoms with Crippen LogP contribution in [-0.2, 0) is 11.3 Å². The van der Waals surface area contributed by atoms with Gasteiger partial charge in [-0.3, -0.25) is 4.79 Å². The Labute approximate surface area is 183 Å². The summed E-state index contributed by atoms with van der Waals surface area (Å²) in [6.45, 7) is 0.446. The second kappa shape index (κ2) is 9.19. The minimum absolute atomic E-state index is 0.0657. The molecular formula is C22H19ClN4O2S. The largest absolute Gasteiger partial charge is 0.497 e. The molecule has 0 bridgehead atoms. The molecule has 4 aromatic rings. The number of methoxy groups -OCH3 is 1. The summed E-state index contributed by atoms with van der Waals surface area (Å²) >= 11 is 7.35. The van der Waals surface area contributed by atoms with Crippen LogP contribution in [-0.4, -0.2) is 33.4 Å². The number of nitrogens with zero attached hydrogens (tertiary/aromatic N) is 3. The number of benzene rings is 2. The molecule has 0 saturated carbocycles. The molecule has 8 heteroatoms. The number of hydrogen-bond donors (Lipinski definition) is 1. The standard InChI is InChI=1S/C22H19ClN4O2S/c1-29-18-4-2-3-15(11-18)13-25-21(28)14-30-22-20-12-19(26-27(20)10-9-24-22)16-5-7-17(23)8-6-16/h2-12H,13-14H2,1H3,(H,25,28). The van der Waals surface area contributed by atoms with E-state index in [1.54, 1.807) is 24.0 Å². The van der Waals surface area contributed by atoms with Crippen molar-refractivity contribution in [3.8, 4) is 17.0 Å². The number of carbonyl (C=O) groups is 1. The second-order valence-electron chi connectivity index (χ2n) is 6.52. The molecule has 0 atom stereocenters. The van der Waals surface area contributed by atoms with Crippen LogP contribution in [0.1, 0.15) is 5.56 Å². The first-order valence-electron chi connectivity index (χ1n) is 9.25. The van der Waals surface area contributed by atoms with Gasteiger partial charge in [-0.2, -0.15) is 5.10 Å². The Morgan fingerprint density at radius 1 is 1.20 bits per heavy atom. The van der Waals surface area contributed by atoms with Crippen LogP contribution in [0.4, 0.5) is 0 Å². The maximum Gasteiger partial charge on any atom is 0.230 e. The van der Waals surface area contributed by atoms with Crippen LogP contribution in [0.2, 0.25) is 5.02 Å². The fourth-order valence-electron chi connectivity index (χ4n) is 2.94. The lowest BCUT2D eigenvalue weighted by atomic mass is 10.1. The molecule has 152 valence electrons. The van der Waals surface area contributed by atoms with Crippen molar-refractivity contribution in [3.05, 3.63) is 77.6 Å². The van der Waals surface area contributed by atoms with Gasteiger partial charge < -0.3 is 10.1 Å². The van der Waals surface area contributed by atoms with Crippen molar-refractivity contribution >= 4 is 34.8 Å². The van der Waals surface area contributed by atoms with Crippen LogP contribution in [0.3, 0.4) is 0 Å². The normalized spacial score (nSPS) is 10.9. The molecule has 1 amide bonds. The number of amides is 1. The Balaban J connectivity index is 1.42. The van der Waals surface area contributed by atoms with E-state index in [1.807, 2.05) is 54.6 Å². The zero-order valence-electron chi connectivity index (χ0n) is 16.2. The maximum absolute atomic E-state index is 12.3. The summed E-state index contributed by atoms with van der Waals surface area (Å²) < 4.78 is 6.98. The van der Waals surface area contributed by atoms with Gasteiger partial charge in [-0.1, -0.05) is 47.6 Å². The van der Waals surface area contributed by atoms with Gasteiger partial charge in [0.05, 0.1) is 24.1 Å². The highest BCUT2D eigenvalue weighted by molar-refractivity contribution is 8.00. The Morgan fingerprint density at radius 2 is 2.03 bits per heavy atom. The highest BCUT2D eigenvalue weighted by atomic mass is 35.5. The fraction of sp³-hybridized carbons (Fsp3) is 0.136. The molecular weight excluding hydrogens is 420 g/mol. The number of hydrogen-bond acceptors (Lipinski definition) is 5. The number of carbonyl (C=O) groups excluding carboxylic acids is 1. The van der Waals surface area contributed by atoms with Gasteiger partial charge in [0, 0.05) is 29.5 Å². The summed E-state index contributed by atoms with van der Waals surface area (Å²) in [4.78, 5) is 16.7. The second-order valence-corrected chi connectivity index (χ2v) is 7.92. The average Bonchev–Trinajstić information content (AvgIpc) is 3.22. The number of ether oxygens (including phenoxy) is 1. The van der Waals surface area contributed by atoms with E-state index < -0.39 is 0 Å². The molecule has 2 aromatic carbocycles. The third kappa shape index (κ3) is 4.75. The molecule has 0 unspecified atom stereocenters. The number of halogens is 1. The van der Waals surface area contributed by atoms with Crippen molar-refractivity contribution in [1.82, 2.24) is 19.9 Å². The minimum atomic E-state index is -0.0657. The van der Waals surface area contributed by atoms with Crippen LogP contribution < -0.4 is 10.1 Å². The third-order valence-corrected chi connectivity index (χ3v) is 5.70. The van der Waals surface area contributed by atoms with E-state index >= 15 is 0 Å². The molecule has 2 heterocycles. The summed E-state index contributed by atoms with van der Waals surface area (Å²) in [5, 5.41) is 8.96. The smallest absolute Gasteiger partial charge is 0.230 e. The predicted octanol–water partition coefficient (Wildman–Crippen LogP) is 4.47. The zero-order valence-corrected chi connectivity index (χ0v) is 17.8. The number of rotatable bonds is 7. The minimum Gasteiger partial charge on any atom is -0.497 e. The van der Waals surface area contributed by atoms with Gasteiger partial charge in [0.25, 0.3) is 0 Å². The van der Waals surface area contributed by atoms with Crippen LogP contribution in [0.5, 0.6) is 5.75 Å². The monoisotopic (exact) mass is 438 g/mol. The van der Waals surface area contributed by atoms with E-state index in [0.29, 0.717) is 11.6 Å². The van der Waals surface area contributed by atoms with Crippen LogP contribution >= 0.6 is 23.4 Å². The molecule has 0 aliphatic carbocycles. The van der Waals surface area contributed by atoms with Crippen molar-refractivity contribution in [3.63, 3.8) is 0 Å². The molecule has 6 nitrogen and oxygen atoms in total. The van der Waals surface area contributed by atoms with Crippen LogP contribution in [0.25, 0.3) is 16.8 Å². The Hall–Kier alpha value is -3.03. The van der Waals surface area contributed by atoms with E-state index in [2.05, 4.69) is 15.4 Å². The summed E-state index contributed by atoms with van der Waals surface area (Å²) in [6, 6.07) is 17.1. The molecule has 0 radical (unpaired) electrons. The number of nitrogens with one attached hydrogen (secondary N) is 1. The lowest BCUT2D eigenvalue weighted by molar-refractivity contribution is -0.118. The lowest BCUT2D eigenvalue weighted by Gasteiger charge is -2.07. The van der Waals surface area contributed by atoms with Crippen molar-refractivity contribution in [2.24, 2.45) is 0 Å². The van der Waals surface area contributed by atoms with E-state index in [0.717, 1.165) is 33.1 Å². The number of fused-ring (bicyclic) bond motifs is 1. The highest BCUT2D eigenvalue weighted by Gasteiger charge is 2.11. The number of aromatic nitrogens is 3. The number of thioether (sulfide) groups is 1. The third-order valence-electron chi connectivity index (χ3n) is 4.46. The zero-order chi connectivity index (χ0) is 20.9. The molecule has 0 spiro atoms. The van der Waals surface area contributed by atoms with Crippen molar-refractivity contribution < 1.29 is 9.53 Å². The Morgan fingerprint density at radius 3 is 2.83 bits per heavy atom. The van der Waals surface area contributed by atoms with Gasteiger partial charge in [0.15, 0.2) is 0 Å². The molecule has 0 aliphatic rings. The SMILES string of the molecule is COc1cccc(CNC(=O)CSc2nccn3nc(-c4ccc(Cl)cc4)cc23)c1. The summed E-state index contributed by atoms with van der Waals surface area (Å²) in [6.07, 6.45) is 3.48. The first-order valence-corrected chi connectivity index (χ1v) is 10.6. The summed E-state index contributed by atoms with van der Waals surface area (Å²) in [7, 11) is 1.62. The Kier molecular flexibility index (Phi) is 6.21. The van der Waals surface area contributed by atoms with Gasteiger partial charge in [-0.05, 0) is 35.9 Å². The van der Waals surface area contributed by atoms with Crippen molar-refractivity contribution in [2.45, 2.75) is 11.6 Å². The van der Waals surface area contributed by atoms with E-state index in [4.69, 9.17) is 16.3 Å². The lowest BCUT2D eigenvalue weighted by Crippen LogP contribution is -2.24. The average molecular weight is 439 g/mol. The van der Waals surface area contributed by atoms with Gasteiger partial charge >= 0.3 is 0 Å². The van der Waals surface area contributed by atoms with Crippen LogP contribution in [0, 0.1) is 0 Å².